The van der Waals surface area contributed by atoms with Crippen molar-refractivity contribution in [3.63, 3.8) is 0 Å². The molecule has 0 aliphatic carbocycles. The Morgan fingerprint density at radius 1 is 1.09 bits per heavy atom. The van der Waals surface area contributed by atoms with E-state index < -0.39 is 36.1 Å². The van der Waals surface area contributed by atoms with Crippen molar-refractivity contribution in [3.05, 3.63) is 99.1 Å². The summed E-state index contributed by atoms with van der Waals surface area (Å²) in [6, 6.07) is 9.05. The molecule has 1 fully saturated rings. The van der Waals surface area contributed by atoms with Crippen molar-refractivity contribution in [2.24, 2.45) is 0 Å². The maximum Gasteiger partial charge on any atom is 0.416 e. The standard InChI is InChI=1S/C35H33F3N6O2S/c1-2-42-15-11-25(12-16-42)24-9-7-22(8-10-24)5-6-23-18-26-27(28(19-23)35(36,37)38)20-44(33(26)46)31(32(45)41-34-39-13-17-47-34)30-29-4-3-14-43(29)21-40-30/h7-10,13,17-19,21,25,31H,2-4,11-12,14-16,20H2,1H3,(H,39,41,45). The third kappa shape index (κ3) is 6.17. The van der Waals surface area contributed by atoms with Crippen LogP contribution < -0.4 is 5.32 Å². The van der Waals surface area contributed by atoms with Crippen molar-refractivity contribution >= 4 is 28.3 Å². The van der Waals surface area contributed by atoms with Crippen LogP contribution >= 0.6 is 11.3 Å². The molecule has 4 aromatic rings. The normalized spacial score (nSPS) is 17.3. The third-order valence-electron chi connectivity index (χ3n) is 9.42. The molecule has 0 saturated carbocycles. The second-order valence-corrected chi connectivity index (χ2v) is 13.1. The minimum absolute atomic E-state index is 0.0777. The zero-order chi connectivity index (χ0) is 32.7. The SMILES string of the molecule is CCN1CCC(c2ccc(C#Cc3cc4c(c(C(F)(F)F)c3)CN(C(C(=O)Nc3nccs3)c3ncn5c3CCC5)C4=O)cc2)CC1. The van der Waals surface area contributed by atoms with Gasteiger partial charge in [0.25, 0.3) is 11.8 Å². The lowest BCUT2D eigenvalue weighted by atomic mass is 9.89. The Morgan fingerprint density at radius 3 is 2.55 bits per heavy atom. The number of amides is 2. The number of nitrogens with zero attached hydrogens (tertiary/aromatic N) is 5. The van der Waals surface area contributed by atoms with Crippen molar-refractivity contribution < 1.29 is 22.8 Å². The molecule has 1 N–H and O–H groups in total. The average molecular weight is 659 g/mol. The van der Waals surface area contributed by atoms with Gasteiger partial charge in [-0.25, -0.2) is 9.97 Å². The molecule has 1 unspecified atom stereocenters. The number of likely N-dealkylation sites (tertiary alicyclic amines) is 1. The number of halogens is 3. The van der Waals surface area contributed by atoms with Crippen LogP contribution in [0.2, 0.25) is 0 Å². The van der Waals surface area contributed by atoms with Crippen molar-refractivity contribution in [2.45, 2.75) is 63.8 Å². The number of hydrogen-bond acceptors (Lipinski definition) is 6. The molecule has 3 aliphatic rings. The summed E-state index contributed by atoms with van der Waals surface area (Å²) in [5.41, 5.74) is 1.95. The summed E-state index contributed by atoms with van der Waals surface area (Å²) in [5, 5.41) is 4.74. The van der Waals surface area contributed by atoms with E-state index in [1.165, 1.54) is 34.1 Å². The number of imidazole rings is 1. The molecule has 47 heavy (non-hydrogen) atoms. The molecule has 8 nitrogen and oxygen atoms in total. The number of aromatic nitrogens is 3. The Labute approximate surface area is 274 Å². The lowest BCUT2D eigenvalue weighted by Crippen LogP contribution is -2.38. The Bertz CT molecular complexity index is 1870. The molecular formula is C35H33F3N6O2S. The molecule has 3 aliphatic heterocycles. The van der Waals surface area contributed by atoms with Crippen molar-refractivity contribution in [1.29, 1.82) is 0 Å². The van der Waals surface area contributed by atoms with Crippen LogP contribution in [0.1, 0.15) is 87.7 Å². The number of hydrogen-bond donors (Lipinski definition) is 1. The summed E-state index contributed by atoms with van der Waals surface area (Å²) in [7, 11) is 0. The highest BCUT2D eigenvalue weighted by atomic mass is 32.1. The predicted octanol–water partition coefficient (Wildman–Crippen LogP) is 6.24. The van der Waals surface area contributed by atoms with Gasteiger partial charge in [0.1, 0.15) is 0 Å². The number of fused-ring (bicyclic) bond motifs is 2. The second kappa shape index (κ2) is 12.6. The van der Waals surface area contributed by atoms with E-state index >= 15 is 0 Å². The largest absolute Gasteiger partial charge is 0.416 e. The van der Waals surface area contributed by atoms with E-state index in [1.807, 2.05) is 28.8 Å². The van der Waals surface area contributed by atoms with Crippen LogP contribution in [0, 0.1) is 11.8 Å². The van der Waals surface area contributed by atoms with Gasteiger partial charge < -0.3 is 14.4 Å². The summed E-state index contributed by atoms with van der Waals surface area (Å²) in [6.45, 7) is 5.70. The number of nitrogens with one attached hydrogen (secondary N) is 1. The average Bonchev–Trinajstić information content (AvgIpc) is 3.88. The summed E-state index contributed by atoms with van der Waals surface area (Å²) in [5.74, 6) is 5.08. The summed E-state index contributed by atoms with van der Waals surface area (Å²) in [6.07, 6.45) is 2.10. The van der Waals surface area contributed by atoms with E-state index in [0.29, 0.717) is 28.7 Å². The summed E-state index contributed by atoms with van der Waals surface area (Å²) in [4.78, 5) is 39.9. The van der Waals surface area contributed by atoms with Crippen molar-refractivity contribution in [3.8, 4) is 11.8 Å². The van der Waals surface area contributed by atoms with Gasteiger partial charge in [0.05, 0.1) is 17.6 Å². The van der Waals surface area contributed by atoms with Crippen LogP contribution in [0.15, 0.2) is 54.3 Å². The van der Waals surface area contributed by atoms with E-state index in [4.69, 9.17) is 0 Å². The van der Waals surface area contributed by atoms with Crippen LogP contribution in [0.3, 0.4) is 0 Å². The monoisotopic (exact) mass is 658 g/mol. The van der Waals surface area contributed by atoms with Crippen molar-refractivity contribution in [2.75, 3.05) is 25.0 Å². The lowest BCUT2D eigenvalue weighted by molar-refractivity contribution is -0.138. The van der Waals surface area contributed by atoms with Gasteiger partial charge in [-0.1, -0.05) is 30.9 Å². The van der Waals surface area contributed by atoms with E-state index in [-0.39, 0.29) is 16.7 Å². The Balaban J connectivity index is 1.19. The predicted molar refractivity (Wildman–Crippen MR) is 172 cm³/mol. The van der Waals surface area contributed by atoms with Gasteiger partial charge >= 0.3 is 6.18 Å². The van der Waals surface area contributed by atoms with Crippen molar-refractivity contribution in [1.82, 2.24) is 24.3 Å². The number of carbonyl (C=O) groups excluding carboxylic acids is 2. The quantitative estimate of drug-likeness (QED) is 0.248. The summed E-state index contributed by atoms with van der Waals surface area (Å²) >= 11 is 1.20. The first-order valence-electron chi connectivity index (χ1n) is 15.8. The first kappa shape index (κ1) is 31.1. The van der Waals surface area contributed by atoms with Gasteiger partial charge in [0, 0.05) is 47.1 Å². The zero-order valence-electron chi connectivity index (χ0n) is 25.8. The number of rotatable bonds is 6. The lowest BCUT2D eigenvalue weighted by Gasteiger charge is -2.31. The fourth-order valence-corrected chi connectivity index (χ4v) is 7.47. The van der Waals surface area contributed by atoms with Gasteiger partial charge in [-0.15, -0.1) is 11.3 Å². The van der Waals surface area contributed by atoms with Gasteiger partial charge in [0.2, 0.25) is 0 Å². The molecule has 0 radical (unpaired) electrons. The molecule has 2 aromatic heterocycles. The van der Waals surface area contributed by atoms with Crippen LogP contribution in [0.5, 0.6) is 0 Å². The molecule has 0 bridgehead atoms. The molecule has 2 aromatic carbocycles. The van der Waals surface area contributed by atoms with E-state index in [0.717, 1.165) is 57.2 Å². The first-order valence-corrected chi connectivity index (χ1v) is 16.7. The highest BCUT2D eigenvalue weighted by Gasteiger charge is 2.45. The molecule has 5 heterocycles. The van der Waals surface area contributed by atoms with E-state index in [2.05, 4.69) is 38.9 Å². The molecule has 1 atom stereocenters. The second-order valence-electron chi connectivity index (χ2n) is 12.2. The number of aryl methyl sites for hydroxylation is 1. The molecule has 1 saturated heterocycles. The van der Waals surface area contributed by atoms with Gasteiger partial charge in [-0.05, 0) is 86.6 Å². The fraction of sp³-hybridized carbons (Fsp3) is 0.371. The van der Waals surface area contributed by atoms with E-state index in [9.17, 15) is 22.8 Å². The van der Waals surface area contributed by atoms with Crippen LogP contribution in [0.4, 0.5) is 18.3 Å². The number of alkyl halides is 3. The smallest absolute Gasteiger partial charge is 0.334 e. The Hall–Kier alpha value is -4.47. The maximum atomic E-state index is 14.5. The Morgan fingerprint density at radius 2 is 1.85 bits per heavy atom. The molecule has 242 valence electrons. The molecule has 2 amide bonds. The molecular weight excluding hydrogens is 625 g/mol. The molecule has 12 heteroatoms. The van der Waals surface area contributed by atoms with E-state index in [1.54, 1.807) is 11.7 Å². The summed E-state index contributed by atoms with van der Waals surface area (Å²) < 4.78 is 45.4. The van der Waals surface area contributed by atoms with Gasteiger partial charge in [-0.2, -0.15) is 13.2 Å². The first-order chi connectivity index (χ1) is 22.7. The van der Waals surface area contributed by atoms with Crippen LogP contribution in [0.25, 0.3) is 0 Å². The maximum absolute atomic E-state index is 14.5. The minimum atomic E-state index is -4.73. The van der Waals surface area contributed by atoms with Crippen LogP contribution in [-0.4, -0.2) is 55.8 Å². The number of piperidine rings is 1. The number of thiazole rings is 1. The van der Waals surface area contributed by atoms with Gasteiger partial charge in [0.15, 0.2) is 11.2 Å². The number of carbonyl (C=O) groups is 2. The third-order valence-corrected chi connectivity index (χ3v) is 10.1. The highest BCUT2D eigenvalue weighted by molar-refractivity contribution is 7.13. The molecule has 7 rings (SSSR count). The fourth-order valence-electron chi connectivity index (χ4n) is 6.93. The van der Waals surface area contributed by atoms with Gasteiger partial charge in [-0.3, -0.25) is 14.9 Å². The topological polar surface area (TPSA) is 83.4 Å². The Kier molecular flexibility index (Phi) is 8.36. The number of benzene rings is 2. The van der Waals surface area contributed by atoms with Crippen LogP contribution in [-0.2, 0) is 30.5 Å². The zero-order valence-corrected chi connectivity index (χ0v) is 26.6. The molecule has 0 spiro atoms. The number of anilines is 1. The highest BCUT2D eigenvalue weighted by Crippen LogP contribution is 2.41. The minimum Gasteiger partial charge on any atom is -0.334 e.